The SMILES string of the molecule is CCCCCCCCc1ccc(-c2ccc(C3CCC(CCCCCCCC)CO3)cc2)cc1. The van der Waals surface area contributed by atoms with Gasteiger partial charge < -0.3 is 4.74 Å². The van der Waals surface area contributed by atoms with Crippen molar-refractivity contribution < 1.29 is 4.74 Å². The molecule has 1 saturated heterocycles. The van der Waals surface area contributed by atoms with E-state index < -0.39 is 0 Å². The normalized spacial score (nSPS) is 18.3. The molecule has 0 spiro atoms. The second-order valence-electron chi connectivity index (χ2n) is 10.7. The fourth-order valence-corrected chi connectivity index (χ4v) is 5.37. The first-order valence-electron chi connectivity index (χ1n) is 14.6. The summed E-state index contributed by atoms with van der Waals surface area (Å²) < 4.78 is 6.30. The van der Waals surface area contributed by atoms with Crippen molar-refractivity contribution in [1.82, 2.24) is 0 Å². The predicted molar refractivity (Wildman–Crippen MR) is 148 cm³/mol. The van der Waals surface area contributed by atoms with Gasteiger partial charge in [0.2, 0.25) is 0 Å². The molecule has 2 aromatic carbocycles. The molecule has 2 atom stereocenters. The van der Waals surface area contributed by atoms with Gasteiger partial charge in [-0.15, -0.1) is 0 Å². The van der Waals surface area contributed by atoms with Crippen molar-refractivity contribution in [2.45, 2.75) is 123 Å². The fraction of sp³-hybridized carbons (Fsp3) is 0.636. The molecule has 0 saturated carbocycles. The Hall–Kier alpha value is -1.60. The Bertz CT molecular complexity index is 752. The van der Waals surface area contributed by atoms with Crippen LogP contribution in [0, 0.1) is 5.92 Å². The van der Waals surface area contributed by atoms with Crippen molar-refractivity contribution in [3.05, 3.63) is 59.7 Å². The first-order valence-corrected chi connectivity index (χ1v) is 14.6. The van der Waals surface area contributed by atoms with Gasteiger partial charge in [0.05, 0.1) is 12.7 Å². The first-order chi connectivity index (χ1) is 16.8. The Kier molecular flexibility index (Phi) is 12.8. The third-order valence-corrected chi connectivity index (χ3v) is 7.72. The average molecular weight is 463 g/mol. The van der Waals surface area contributed by atoms with Crippen LogP contribution in [0.5, 0.6) is 0 Å². The van der Waals surface area contributed by atoms with Crippen LogP contribution in [0.4, 0.5) is 0 Å². The van der Waals surface area contributed by atoms with E-state index in [4.69, 9.17) is 4.74 Å². The number of benzene rings is 2. The molecule has 1 heterocycles. The lowest BCUT2D eigenvalue weighted by Gasteiger charge is -2.29. The molecule has 1 aliphatic heterocycles. The smallest absolute Gasteiger partial charge is 0.0825 e. The molecular weight excluding hydrogens is 412 g/mol. The van der Waals surface area contributed by atoms with Gasteiger partial charge >= 0.3 is 0 Å². The third-order valence-electron chi connectivity index (χ3n) is 7.72. The van der Waals surface area contributed by atoms with Crippen LogP contribution in [-0.4, -0.2) is 6.61 Å². The van der Waals surface area contributed by atoms with Gasteiger partial charge in [0, 0.05) is 0 Å². The van der Waals surface area contributed by atoms with E-state index in [9.17, 15) is 0 Å². The highest BCUT2D eigenvalue weighted by molar-refractivity contribution is 5.64. The fourth-order valence-electron chi connectivity index (χ4n) is 5.37. The van der Waals surface area contributed by atoms with Crippen molar-refractivity contribution in [3.63, 3.8) is 0 Å². The molecule has 1 nitrogen and oxygen atoms in total. The van der Waals surface area contributed by atoms with Crippen LogP contribution >= 0.6 is 0 Å². The number of rotatable bonds is 16. The molecule has 1 heteroatoms. The van der Waals surface area contributed by atoms with Crippen LogP contribution in [0.15, 0.2) is 48.5 Å². The van der Waals surface area contributed by atoms with Crippen molar-refractivity contribution in [1.29, 1.82) is 0 Å². The summed E-state index contributed by atoms with van der Waals surface area (Å²) in [6.07, 6.45) is 21.9. The van der Waals surface area contributed by atoms with Crippen LogP contribution in [0.2, 0.25) is 0 Å². The van der Waals surface area contributed by atoms with Crippen LogP contribution in [0.3, 0.4) is 0 Å². The highest BCUT2D eigenvalue weighted by Crippen LogP contribution is 2.33. The minimum Gasteiger partial charge on any atom is -0.373 e. The van der Waals surface area contributed by atoms with E-state index >= 15 is 0 Å². The zero-order valence-corrected chi connectivity index (χ0v) is 22.2. The second kappa shape index (κ2) is 16.1. The summed E-state index contributed by atoms with van der Waals surface area (Å²) >= 11 is 0. The number of ether oxygens (including phenoxy) is 1. The van der Waals surface area contributed by atoms with Crippen molar-refractivity contribution in [2.75, 3.05) is 6.61 Å². The van der Waals surface area contributed by atoms with Crippen molar-refractivity contribution >= 4 is 0 Å². The largest absolute Gasteiger partial charge is 0.373 e. The molecule has 0 N–H and O–H groups in total. The summed E-state index contributed by atoms with van der Waals surface area (Å²) in [6, 6.07) is 18.4. The maximum absolute atomic E-state index is 6.30. The second-order valence-corrected chi connectivity index (χ2v) is 10.7. The summed E-state index contributed by atoms with van der Waals surface area (Å²) in [5.74, 6) is 0.775. The quantitative estimate of drug-likeness (QED) is 0.225. The molecule has 34 heavy (non-hydrogen) atoms. The molecule has 1 fully saturated rings. The topological polar surface area (TPSA) is 9.23 Å². The van der Waals surface area contributed by atoms with E-state index in [2.05, 4.69) is 62.4 Å². The minimum absolute atomic E-state index is 0.287. The van der Waals surface area contributed by atoms with Gasteiger partial charge in [-0.3, -0.25) is 0 Å². The molecule has 0 aliphatic carbocycles. The highest BCUT2D eigenvalue weighted by Gasteiger charge is 2.22. The number of hydrogen-bond donors (Lipinski definition) is 0. The van der Waals surface area contributed by atoms with Gasteiger partial charge in [-0.25, -0.2) is 0 Å². The third kappa shape index (κ3) is 9.57. The lowest BCUT2D eigenvalue weighted by molar-refractivity contribution is -0.0199. The van der Waals surface area contributed by atoms with Gasteiger partial charge in [-0.05, 0) is 60.3 Å². The molecule has 0 bridgehead atoms. The van der Waals surface area contributed by atoms with E-state index in [0.717, 1.165) is 12.5 Å². The van der Waals surface area contributed by atoms with Crippen LogP contribution in [-0.2, 0) is 11.2 Å². The summed E-state index contributed by atoms with van der Waals surface area (Å²) in [7, 11) is 0. The molecule has 3 rings (SSSR count). The van der Waals surface area contributed by atoms with Crippen LogP contribution < -0.4 is 0 Å². The summed E-state index contributed by atoms with van der Waals surface area (Å²) in [4.78, 5) is 0. The lowest BCUT2D eigenvalue weighted by Crippen LogP contribution is -2.20. The van der Waals surface area contributed by atoms with Crippen LogP contribution in [0.25, 0.3) is 11.1 Å². The maximum Gasteiger partial charge on any atom is 0.0825 e. The number of unbranched alkanes of at least 4 members (excludes halogenated alkanes) is 10. The molecule has 1 aliphatic rings. The monoisotopic (exact) mass is 462 g/mol. The summed E-state index contributed by atoms with van der Waals surface area (Å²) in [5, 5.41) is 0. The zero-order valence-electron chi connectivity index (χ0n) is 22.2. The zero-order chi connectivity index (χ0) is 23.8. The van der Waals surface area contributed by atoms with Gasteiger partial charge in [0.25, 0.3) is 0 Å². The Morgan fingerprint density at radius 1 is 0.618 bits per heavy atom. The van der Waals surface area contributed by atoms with E-state index in [1.165, 1.54) is 125 Å². The molecule has 188 valence electrons. The summed E-state index contributed by atoms with van der Waals surface area (Å²) in [6.45, 7) is 5.52. The number of aryl methyl sites for hydroxylation is 1. The van der Waals surface area contributed by atoms with Gasteiger partial charge in [0.15, 0.2) is 0 Å². The lowest BCUT2D eigenvalue weighted by atomic mass is 9.90. The molecule has 0 aromatic heterocycles. The van der Waals surface area contributed by atoms with E-state index in [1.54, 1.807) is 0 Å². The van der Waals surface area contributed by atoms with E-state index in [1.807, 2.05) is 0 Å². The Morgan fingerprint density at radius 2 is 1.18 bits per heavy atom. The minimum atomic E-state index is 0.287. The van der Waals surface area contributed by atoms with E-state index in [0.29, 0.717) is 0 Å². The molecule has 0 radical (unpaired) electrons. The molecular formula is C33H50O. The van der Waals surface area contributed by atoms with E-state index in [-0.39, 0.29) is 6.10 Å². The Balaban J connectivity index is 1.37. The maximum atomic E-state index is 6.30. The van der Waals surface area contributed by atoms with Gasteiger partial charge in [-0.1, -0.05) is 133 Å². The average Bonchev–Trinajstić information content (AvgIpc) is 2.89. The Labute approximate surface area is 210 Å². The van der Waals surface area contributed by atoms with Gasteiger partial charge in [0.1, 0.15) is 0 Å². The Morgan fingerprint density at radius 3 is 1.76 bits per heavy atom. The molecule has 0 amide bonds. The van der Waals surface area contributed by atoms with Crippen molar-refractivity contribution in [3.8, 4) is 11.1 Å². The highest BCUT2D eigenvalue weighted by atomic mass is 16.5. The number of hydrogen-bond acceptors (Lipinski definition) is 1. The predicted octanol–water partition coefficient (Wildman–Crippen LogP) is 10.5. The standard InChI is InChI=1S/C33H50O/c1-3-5-7-9-11-13-15-28-17-20-30(21-18-28)31-22-24-32(25-23-31)33-26-19-29(27-34-33)16-14-12-10-8-6-4-2/h17-18,20-25,29,33H,3-16,19,26-27H2,1-2H3. The summed E-state index contributed by atoms with van der Waals surface area (Å²) in [5.41, 5.74) is 5.46. The van der Waals surface area contributed by atoms with Gasteiger partial charge in [-0.2, -0.15) is 0 Å². The van der Waals surface area contributed by atoms with Crippen LogP contribution in [0.1, 0.15) is 127 Å². The van der Waals surface area contributed by atoms with Crippen molar-refractivity contribution in [2.24, 2.45) is 5.92 Å². The molecule has 2 unspecified atom stereocenters. The first kappa shape index (κ1) is 27.0. The molecule has 2 aromatic rings.